The Morgan fingerprint density at radius 2 is 2.06 bits per heavy atom. The molecule has 0 saturated heterocycles. The summed E-state index contributed by atoms with van der Waals surface area (Å²) in [4.78, 5) is 11.2. The van der Waals surface area contributed by atoms with E-state index in [1.807, 2.05) is 0 Å². The van der Waals surface area contributed by atoms with E-state index in [2.05, 4.69) is 39.1 Å². The van der Waals surface area contributed by atoms with Crippen LogP contribution in [0.3, 0.4) is 0 Å². The lowest BCUT2D eigenvalue weighted by molar-refractivity contribution is -0.119. The highest BCUT2D eigenvalue weighted by Gasteiger charge is 2.63. The first-order valence-electron chi connectivity index (χ1n) is 13.6. The van der Waals surface area contributed by atoms with Crippen molar-refractivity contribution in [2.45, 2.75) is 105 Å². The zero-order chi connectivity index (χ0) is 23.5. The molecule has 0 bridgehead atoms. The first-order valence-corrected chi connectivity index (χ1v) is 13.6. The summed E-state index contributed by atoms with van der Waals surface area (Å²) in [6, 6.07) is 0. The van der Waals surface area contributed by atoms with E-state index in [9.17, 15) is 9.90 Å². The van der Waals surface area contributed by atoms with Gasteiger partial charge >= 0.3 is 0 Å². The standard InChI is InChI=1S/C29H45NO3/c1-17(16-30-19(3)31)6-9-25-18(2)27-26(33-25)15-24-22-8-7-20-14-21(32)10-12-28(20,4)23(22)11-13-29(24,27)5/h7,17,21-24,26-27,32H,6,8-16H2,1-5H3,(H,30,31)/t17-,21-,22-,23+,24+,26-,27+,28-,29-/m0/s1. The Hall–Kier alpha value is -1.29. The minimum atomic E-state index is -0.124. The third-order valence-electron chi connectivity index (χ3n) is 10.8. The summed E-state index contributed by atoms with van der Waals surface area (Å²) >= 11 is 0. The van der Waals surface area contributed by atoms with Crippen LogP contribution in [0.5, 0.6) is 0 Å². The van der Waals surface area contributed by atoms with E-state index in [1.165, 1.54) is 37.0 Å². The minimum absolute atomic E-state index is 0.0569. The normalized spacial score (nSPS) is 44.7. The molecule has 0 radical (unpaired) electrons. The Morgan fingerprint density at radius 1 is 1.27 bits per heavy atom. The van der Waals surface area contributed by atoms with Crippen molar-refractivity contribution in [3.63, 3.8) is 0 Å². The highest BCUT2D eigenvalue weighted by atomic mass is 16.5. The van der Waals surface area contributed by atoms with Crippen LogP contribution in [0.15, 0.2) is 23.0 Å². The van der Waals surface area contributed by atoms with E-state index in [4.69, 9.17) is 4.74 Å². The molecule has 184 valence electrons. The van der Waals surface area contributed by atoms with Gasteiger partial charge in [-0.05, 0) is 98.4 Å². The number of carbonyl (C=O) groups excluding carboxylic acids is 1. The van der Waals surface area contributed by atoms with Gasteiger partial charge in [0.25, 0.3) is 0 Å². The number of hydrogen-bond acceptors (Lipinski definition) is 3. The Kier molecular flexibility index (Phi) is 5.99. The van der Waals surface area contributed by atoms with Crippen LogP contribution in [0.25, 0.3) is 0 Å². The van der Waals surface area contributed by atoms with Crippen molar-refractivity contribution in [3.8, 4) is 0 Å². The molecule has 0 aromatic heterocycles. The summed E-state index contributed by atoms with van der Waals surface area (Å²) in [7, 11) is 0. The second-order valence-corrected chi connectivity index (χ2v) is 12.8. The van der Waals surface area contributed by atoms with Gasteiger partial charge in [-0.15, -0.1) is 0 Å². The molecular formula is C29H45NO3. The first-order chi connectivity index (χ1) is 15.6. The van der Waals surface area contributed by atoms with Crippen molar-refractivity contribution in [1.29, 1.82) is 0 Å². The van der Waals surface area contributed by atoms with Crippen molar-refractivity contribution in [3.05, 3.63) is 23.0 Å². The SMILES string of the molecule is CC(=O)NC[C@@H](C)CCC1=C(C)[C@@H]2[C@H](C[C@@H]3[C@H]4CC=C5C[C@@H](O)CC[C@]5(C)[C@@H]4CC[C@@]32C)O1. The lowest BCUT2D eigenvalue weighted by Gasteiger charge is -2.57. The first kappa shape index (κ1) is 23.5. The van der Waals surface area contributed by atoms with Gasteiger partial charge in [-0.2, -0.15) is 0 Å². The number of carbonyl (C=O) groups is 1. The largest absolute Gasteiger partial charge is 0.494 e. The van der Waals surface area contributed by atoms with E-state index >= 15 is 0 Å². The van der Waals surface area contributed by atoms with Crippen LogP contribution in [0.1, 0.15) is 92.4 Å². The maximum absolute atomic E-state index is 11.2. The predicted octanol–water partition coefficient (Wildman–Crippen LogP) is 5.76. The molecule has 4 nitrogen and oxygen atoms in total. The second kappa shape index (κ2) is 8.43. The Morgan fingerprint density at radius 3 is 2.82 bits per heavy atom. The molecule has 4 aliphatic carbocycles. The molecule has 3 fully saturated rings. The van der Waals surface area contributed by atoms with Crippen molar-refractivity contribution in [2.75, 3.05) is 6.54 Å². The molecule has 1 aliphatic heterocycles. The third-order valence-corrected chi connectivity index (χ3v) is 10.8. The molecule has 5 rings (SSSR count). The molecule has 0 aromatic carbocycles. The number of nitrogens with one attached hydrogen (secondary N) is 1. The molecular weight excluding hydrogens is 410 g/mol. The fourth-order valence-corrected chi connectivity index (χ4v) is 9.02. The van der Waals surface area contributed by atoms with E-state index < -0.39 is 0 Å². The number of rotatable bonds is 5. The highest BCUT2D eigenvalue weighted by Crippen LogP contribution is 2.68. The topological polar surface area (TPSA) is 58.6 Å². The van der Waals surface area contributed by atoms with Gasteiger partial charge in [-0.1, -0.05) is 32.4 Å². The smallest absolute Gasteiger partial charge is 0.216 e. The minimum Gasteiger partial charge on any atom is -0.494 e. The van der Waals surface area contributed by atoms with Gasteiger partial charge in [0.2, 0.25) is 5.91 Å². The van der Waals surface area contributed by atoms with E-state index in [1.54, 1.807) is 12.5 Å². The van der Waals surface area contributed by atoms with Crippen LogP contribution in [0, 0.1) is 40.4 Å². The zero-order valence-electron chi connectivity index (χ0n) is 21.5. The molecule has 33 heavy (non-hydrogen) atoms. The number of ether oxygens (including phenoxy) is 1. The fourth-order valence-electron chi connectivity index (χ4n) is 9.02. The summed E-state index contributed by atoms with van der Waals surface area (Å²) in [6.45, 7) is 12.0. The molecule has 1 amide bonds. The molecule has 3 saturated carbocycles. The maximum atomic E-state index is 11.2. The number of fused-ring (bicyclic) bond motifs is 7. The maximum Gasteiger partial charge on any atom is 0.216 e. The molecule has 2 N–H and O–H groups in total. The monoisotopic (exact) mass is 455 g/mol. The summed E-state index contributed by atoms with van der Waals surface area (Å²) < 4.78 is 6.70. The summed E-state index contributed by atoms with van der Waals surface area (Å²) in [6.07, 6.45) is 13.0. The quantitative estimate of drug-likeness (QED) is 0.518. The van der Waals surface area contributed by atoms with Gasteiger partial charge in [-0.3, -0.25) is 4.79 Å². The molecule has 0 unspecified atom stereocenters. The third kappa shape index (κ3) is 3.79. The Bertz CT molecular complexity index is 861. The number of amides is 1. The van der Waals surface area contributed by atoms with E-state index in [0.717, 1.165) is 56.4 Å². The van der Waals surface area contributed by atoms with Gasteiger partial charge in [0.15, 0.2) is 0 Å². The van der Waals surface area contributed by atoms with Crippen LogP contribution in [0.4, 0.5) is 0 Å². The summed E-state index contributed by atoms with van der Waals surface area (Å²) in [5.41, 5.74) is 3.75. The lowest BCUT2D eigenvalue weighted by Crippen LogP contribution is -2.50. The van der Waals surface area contributed by atoms with Crippen molar-refractivity contribution >= 4 is 5.91 Å². The summed E-state index contributed by atoms with van der Waals surface area (Å²) in [5.74, 6) is 4.66. The van der Waals surface area contributed by atoms with Crippen LogP contribution in [0.2, 0.25) is 0 Å². The number of aliphatic hydroxyl groups excluding tert-OH is 1. The van der Waals surface area contributed by atoms with E-state index in [0.29, 0.717) is 28.8 Å². The Balaban J connectivity index is 1.30. The molecule has 9 atom stereocenters. The number of allylic oxidation sites excluding steroid dienone is 2. The Labute approximate surface area is 200 Å². The lowest BCUT2D eigenvalue weighted by atomic mass is 9.47. The number of aliphatic hydroxyl groups is 1. The van der Waals surface area contributed by atoms with Gasteiger partial charge in [0.1, 0.15) is 6.10 Å². The fraction of sp³-hybridized carbons (Fsp3) is 0.828. The molecule has 4 heteroatoms. The van der Waals surface area contributed by atoms with Gasteiger partial charge in [0.05, 0.1) is 11.9 Å². The van der Waals surface area contributed by atoms with Crippen LogP contribution < -0.4 is 5.32 Å². The highest BCUT2D eigenvalue weighted by molar-refractivity contribution is 5.72. The average molecular weight is 456 g/mol. The zero-order valence-corrected chi connectivity index (χ0v) is 21.5. The molecule has 0 aromatic rings. The van der Waals surface area contributed by atoms with Crippen LogP contribution >= 0.6 is 0 Å². The molecule has 5 aliphatic rings. The molecule has 1 heterocycles. The number of hydrogen-bond donors (Lipinski definition) is 2. The van der Waals surface area contributed by atoms with Crippen LogP contribution in [-0.2, 0) is 9.53 Å². The summed E-state index contributed by atoms with van der Waals surface area (Å²) in [5, 5.41) is 13.2. The van der Waals surface area contributed by atoms with E-state index in [-0.39, 0.29) is 12.0 Å². The second-order valence-electron chi connectivity index (χ2n) is 12.8. The predicted molar refractivity (Wildman–Crippen MR) is 131 cm³/mol. The van der Waals surface area contributed by atoms with Gasteiger partial charge < -0.3 is 15.2 Å². The van der Waals surface area contributed by atoms with Gasteiger partial charge in [-0.25, -0.2) is 0 Å². The molecule has 0 spiro atoms. The average Bonchev–Trinajstić information content (AvgIpc) is 3.24. The van der Waals surface area contributed by atoms with Crippen molar-refractivity contribution < 1.29 is 14.6 Å². The van der Waals surface area contributed by atoms with Crippen molar-refractivity contribution in [1.82, 2.24) is 5.32 Å². The van der Waals surface area contributed by atoms with Crippen LogP contribution in [-0.4, -0.2) is 29.8 Å². The van der Waals surface area contributed by atoms with Crippen molar-refractivity contribution in [2.24, 2.45) is 40.4 Å². The van der Waals surface area contributed by atoms with Gasteiger partial charge in [0, 0.05) is 25.8 Å².